The third kappa shape index (κ3) is 4.84. The van der Waals surface area contributed by atoms with Gasteiger partial charge in [0, 0.05) is 36.5 Å². The van der Waals surface area contributed by atoms with E-state index in [0.29, 0.717) is 0 Å². The molecule has 0 aromatic carbocycles. The maximum Gasteiger partial charge on any atom is 0.340 e. The number of carbonyl (C=O) groups is 6. The van der Waals surface area contributed by atoms with E-state index in [-0.39, 0.29) is 24.0 Å². The minimum absolute atomic E-state index is 0.0754. The van der Waals surface area contributed by atoms with Gasteiger partial charge >= 0.3 is 35.8 Å². The van der Waals surface area contributed by atoms with Crippen molar-refractivity contribution in [3.05, 3.63) is 23.8 Å². The predicted molar refractivity (Wildman–Crippen MR) is 147 cm³/mol. The second-order valence-electron chi connectivity index (χ2n) is 13.3. The van der Waals surface area contributed by atoms with Crippen LogP contribution in [-0.2, 0) is 61.9 Å². The molecule has 246 valence electrons. The minimum atomic E-state index is -1.55. The number of esters is 6. The molecule has 5 aliphatic rings. The van der Waals surface area contributed by atoms with Crippen molar-refractivity contribution in [1.82, 2.24) is 0 Å². The zero-order chi connectivity index (χ0) is 33.4. The SMILES string of the molecule is C=C1[C@@H]([C@@]2(C)[C@@H](OC(C)=O)CC(=O)OC(C)(C)[C@@H]2CC(=O)OC)[C@@H](OC(C)=O)C[C@@]2(C)[C@H](C3=C[C@@H](O)OC3=O)OC(=O)[C@H]3O[C@]132. The van der Waals surface area contributed by atoms with Gasteiger partial charge in [-0.2, -0.15) is 0 Å². The minimum Gasteiger partial charge on any atom is -0.469 e. The standard InChI is InChI=1S/C31H38O14/c1-13-23(30(7)18(10-20(34)39-8)28(4,5)44-22(36)11-19(30)41-15(3)33)17(40-14(2)32)12-29(6)24(16-9-21(35)42-26(16)37)43-27(38)25-31(13,29)45-25/h9,17-19,21,23-25,35H,1,10-12H2,2-8H3/t17-,18-,19-,21-,23+,24-,25+,29-,30+,31+/m0/s1. The monoisotopic (exact) mass is 634 g/mol. The van der Waals surface area contributed by atoms with Gasteiger partial charge in [-0.15, -0.1) is 0 Å². The largest absolute Gasteiger partial charge is 0.469 e. The van der Waals surface area contributed by atoms with Gasteiger partial charge in [-0.05, 0) is 31.9 Å². The Bertz CT molecular complexity index is 1410. The van der Waals surface area contributed by atoms with Crippen LogP contribution in [0.3, 0.4) is 0 Å². The van der Waals surface area contributed by atoms with Gasteiger partial charge < -0.3 is 38.3 Å². The van der Waals surface area contributed by atoms with E-state index >= 15 is 0 Å². The molecule has 4 fully saturated rings. The van der Waals surface area contributed by atoms with Crippen molar-refractivity contribution in [3.63, 3.8) is 0 Å². The van der Waals surface area contributed by atoms with Crippen molar-refractivity contribution in [3.8, 4) is 0 Å². The first kappa shape index (κ1) is 32.6. The highest BCUT2D eigenvalue weighted by Crippen LogP contribution is 2.71. The van der Waals surface area contributed by atoms with Crippen LogP contribution in [-0.4, -0.2) is 89.9 Å². The van der Waals surface area contributed by atoms with Gasteiger partial charge in [0.05, 0.1) is 25.5 Å². The molecule has 4 heterocycles. The van der Waals surface area contributed by atoms with Crippen LogP contribution in [0.5, 0.6) is 0 Å². The van der Waals surface area contributed by atoms with Gasteiger partial charge in [-0.1, -0.05) is 20.4 Å². The molecule has 1 N–H and O–H groups in total. The van der Waals surface area contributed by atoms with E-state index in [1.807, 2.05) is 0 Å². The number of carbonyl (C=O) groups excluding carboxylic acids is 6. The molecule has 3 saturated heterocycles. The summed E-state index contributed by atoms with van der Waals surface area (Å²) in [5, 5.41) is 10.0. The number of epoxide rings is 1. The zero-order valence-electron chi connectivity index (χ0n) is 26.2. The van der Waals surface area contributed by atoms with Crippen molar-refractivity contribution in [2.75, 3.05) is 7.11 Å². The average molecular weight is 635 g/mol. The summed E-state index contributed by atoms with van der Waals surface area (Å²) in [7, 11) is 1.21. The van der Waals surface area contributed by atoms with E-state index in [1.165, 1.54) is 21.0 Å². The Labute approximate surface area is 259 Å². The highest BCUT2D eigenvalue weighted by molar-refractivity contribution is 5.94. The van der Waals surface area contributed by atoms with Crippen molar-refractivity contribution >= 4 is 35.8 Å². The number of aliphatic hydroxyl groups excluding tert-OH is 1. The highest BCUT2D eigenvalue weighted by atomic mass is 16.7. The van der Waals surface area contributed by atoms with Gasteiger partial charge in [-0.3, -0.25) is 19.2 Å². The first-order valence-electron chi connectivity index (χ1n) is 14.6. The molecule has 14 nitrogen and oxygen atoms in total. The lowest BCUT2D eigenvalue weighted by molar-refractivity contribution is -0.197. The molecule has 5 rings (SSSR count). The molecule has 0 aromatic heterocycles. The number of cyclic esters (lactones) is 3. The number of hydrogen-bond acceptors (Lipinski definition) is 14. The van der Waals surface area contributed by atoms with Crippen molar-refractivity contribution in [2.24, 2.45) is 22.7 Å². The summed E-state index contributed by atoms with van der Waals surface area (Å²) in [6.07, 6.45) is -5.94. The van der Waals surface area contributed by atoms with Crippen LogP contribution in [0.25, 0.3) is 0 Å². The van der Waals surface area contributed by atoms with Gasteiger partial charge in [-0.25, -0.2) is 9.59 Å². The molecule has 1 aliphatic carbocycles. The average Bonchev–Trinajstić information content (AvgIpc) is 3.61. The first-order valence-corrected chi connectivity index (χ1v) is 14.6. The molecule has 0 aromatic rings. The van der Waals surface area contributed by atoms with Gasteiger partial charge in [0.25, 0.3) is 0 Å². The van der Waals surface area contributed by atoms with Crippen LogP contribution in [0, 0.1) is 22.7 Å². The number of ether oxygens (including phenoxy) is 7. The molecule has 10 atom stereocenters. The van der Waals surface area contributed by atoms with E-state index in [1.54, 1.807) is 27.7 Å². The van der Waals surface area contributed by atoms with Crippen LogP contribution >= 0.6 is 0 Å². The first-order chi connectivity index (χ1) is 20.8. The van der Waals surface area contributed by atoms with Crippen molar-refractivity contribution in [1.29, 1.82) is 0 Å². The number of rotatable bonds is 6. The van der Waals surface area contributed by atoms with Crippen LogP contribution < -0.4 is 0 Å². The second kappa shape index (κ2) is 10.6. The van der Waals surface area contributed by atoms with Gasteiger partial charge in [0.15, 0.2) is 6.10 Å². The number of methoxy groups -OCH3 is 1. The summed E-state index contributed by atoms with van der Waals surface area (Å²) in [6.45, 7) is 13.4. The van der Waals surface area contributed by atoms with Crippen LogP contribution in [0.1, 0.15) is 60.8 Å². The quantitative estimate of drug-likeness (QED) is 0.190. The Morgan fingerprint density at radius 3 is 2.22 bits per heavy atom. The van der Waals surface area contributed by atoms with E-state index in [4.69, 9.17) is 33.2 Å². The zero-order valence-corrected chi connectivity index (χ0v) is 26.2. The summed E-state index contributed by atoms with van der Waals surface area (Å²) >= 11 is 0. The van der Waals surface area contributed by atoms with E-state index in [9.17, 15) is 33.9 Å². The maximum absolute atomic E-state index is 13.3. The molecular weight excluding hydrogens is 596 g/mol. The Balaban J connectivity index is 1.73. The Hall–Kier alpha value is -3.78. The third-order valence-corrected chi connectivity index (χ3v) is 10.3. The lowest BCUT2D eigenvalue weighted by atomic mass is 9.47. The number of aliphatic hydroxyl groups is 1. The number of hydrogen-bond donors (Lipinski definition) is 1. The van der Waals surface area contributed by atoms with E-state index in [2.05, 4.69) is 6.58 Å². The van der Waals surface area contributed by atoms with Crippen LogP contribution in [0.2, 0.25) is 0 Å². The van der Waals surface area contributed by atoms with Crippen LogP contribution in [0.4, 0.5) is 0 Å². The molecule has 45 heavy (non-hydrogen) atoms. The summed E-state index contributed by atoms with van der Waals surface area (Å²) in [6, 6.07) is 0. The van der Waals surface area contributed by atoms with Gasteiger partial charge in [0.2, 0.25) is 6.29 Å². The highest BCUT2D eigenvalue weighted by Gasteiger charge is 2.83. The van der Waals surface area contributed by atoms with Crippen molar-refractivity contribution in [2.45, 2.75) is 103 Å². The molecule has 4 aliphatic heterocycles. The van der Waals surface area contributed by atoms with Crippen LogP contribution in [0.15, 0.2) is 23.8 Å². The smallest absolute Gasteiger partial charge is 0.340 e. The normalized spacial score (nSPS) is 41.6. The fraction of sp³-hybridized carbons (Fsp3) is 0.677. The lowest BCUT2D eigenvalue weighted by Crippen LogP contribution is -2.66. The topological polar surface area (TPSA) is 191 Å². The summed E-state index contributed by atoms with van der Waals surface area (Å²) in [5.41, 5.74) is -5.41. The lowest BCUT2D eigenvalue weighted by Gasteiger charge is -2.59. The summed E-state index contributed by atoms with van der Waals surface area (Å²) in [5.74, 6) is -6.32. The second-order valence-corrected chi connectivity index (χ2v) is 13.3. The summed E-state index contributed by atoms with van der Waals surface area (Å²) < 4.78 is 39.4. The molecule has 0 bridgehead atoms. The van der Waals surface area contributed by atoms with E-state index < -0.39 is 107 Å². The molecular formula is C31H38O14. The summed E-state index contributed by atoms with van der Waals surface area (Å²) in [4.78, 5) is 77.3. The molecule has 1 saturated carbocycles. The Morgan fingerprint density at radius 1 is 1.02 bits per heavy atom. The fourth-order valence-corrected chi connectivity index (χ4v) is 8.55. The molecule has 0 radical (unpaired) electrons. The maximum atomic E-state index is 13.3. The molecule has 0 unspecified atom stereocenters. The van der Waals surface area contributed by atoms with E-state index in [0.717, 1.165) is 6.08 Å². The molecule has 1 spiro atoms. The van der Waals surface area contributed by atoms with Crippen molar-refractivity contribution < 1.29 is 67.0 Å². The molecule has 14 heteroatoms. The Kier molecular flexibility index (Phi) is 7.72. The van der Waals surface area contributed by atoms with Gasteiger partial charge in [0.1, 0.15) is 29.5 Å². The Morgan fingerprint density at radius 2 is 1.67 bits per heavy atom. The fourth-order valence-electron chi connectivity index (χ4n) is 8.55. The predicted octanol–water partition coefficient (Wildman–Crippen LogP) is 1.21. The molecule has 0 amide bonds. The third-order valence-electron chi connectivity index (χ3n) is 10.3.